The van der Waals surface area contributed by atoms with Gasteiger partial charge in [0.2, 0.25) is 0 Å². The number of aromatic nitrogens is 3. The molecule has 83 heavy (non-hydrogen) atoms. The molecule has 12 aromatic rings. The summed E-state index contributed by atoms with van der Waals surface area (Å²) in [6.07, 6.45) is 6.41. The fourth-order valence-corrected chi connectivity index (χ4v) is 12.4. The van der Waals surface area contributed by atoms with E-state index in [1.54, 1.807) is 0 Å². The van der Waals surface area contributed by atoms with Gasteiger partial charge in [0.15, 0.2) is 17.5 Å². The summed E-state index contributed by atoms with van der Waals surface area (Å²) < 4.78 is 0. The third-order valence-electron chi connectivity index (χ3n) is 16.6. The highest BCUT2D eigenvalue weighted by molar-refractivity contribution is 7.00. The van der Waals surface area contributed by atoms with Crippen LogP contribution in [0.5, 0.6) is 0 Å². The molecule has 0 spiro atoms. The zero-order valence-electron chi connectivity index (χ0n) is 47.0. The van der Waals surface area contributed by atoms with E-state index in [0.29, 0.717) is 17.5 Å². The molecule has 0 N–H and O–H groups in total. The molecule has 0 amide bonds. The van der Waals surface area contributed by atoms with Crippen molar-refractivity contribution < 1.29 is 0 Å². The van der Waals surface area contributed by atoms with E-state index in [1.165, 1.54) is 38.9 Å². The molecule has 11 aromatic carbocycles. The Bertz CT molecular complexity index is 3900. The number of nitrogens with zero attached hydrogens (tertiary/aromatic N) is 5. The SMILES string of the molecule is CCCCc1ccc2c(c1)N(c1cc(-c3ccccc3)cc(-c3ccccc3)c1)c1cc(-c3nc(-c4ccccc4)nc(-c4ccccc4)n3)cc3c1B2c1ccc(CCCC)cc1N3c1cc(-c2ccccc2)cc(-c2ccccc2)c1. The number of benzene rings is 11. The lowest BCUT2D eigenvalue weighted by Crippen LogP contribution is -2.61. The molecule has 0 saturated carbocycles. The molecule has 2 aliphatic rings. The van der Waals surface area contributed by atoms with Crippen LogP contribution in [-0.4, -0.2) is 21.7 Å². The Morgan fingerprint density at radius 3 is 0.928 bits per heavy atom. The molecule has 5 nitrogen and oxygen atoms in total. The summed E-state index contributed by atoms with van der Waals surface area (Å²) in [6, 6.07) is 97.8. The average molecular weight is 1070 g/mol. The summed E-state index contributed by atoms with van der Waals surface area (Å²) >= 11 is 0. The molecule has 0 radical (unpaired) electrons. The zero-order chi connectivity index (χ0) is 55.6. The van der Waals surface area contributed by atoms with Gasteiger partial charge in [-0.2, -0.15) is 0 Å². The Balaban J connectivity index is 1.12. The van der Waals surface area contributed by atoms with Crippen LogP contribution < -0.4 is 26.2 Å². The van der Waals surface area contributed by atoms with Gasteiger partial charge >= 0.3 is 0 Å². The van der Waals surface area contributed by atoms with Gasteiger partial charge in [-0.3, -0.25) is 0 Å². The van der Waals surface area contributed by atoms with E-state index in [0.717, 1.165) is 122 Å². The number of unbranched alkanes of at least 4 members (excludes halogenated alkanes) is 2. The minimum absolute atomic E-state index is 0.109. The molecule has 0 bridgehead atoms. The molecule has 1 aromatic heterocycles. The maximum Gasteiger partial charge on any atom is 0.252 e. The number of anilines is 6. The molecular formula is C77H62BN5. The van der Waals surface area contributed by atoms with Crippen molar-refractivity contribution in [1.82, 2.24) is 15.0 Å². The van der Waals surface area contributed by atoms with Crippen molar-refractivity contribution in [2.75, 3.05) is 9.80 Å². The second-order valence-electron chi connectivity index (χ2n) is 22.1. The first-order valence-electron chi connectivity index (χ1n) is 29.5. The standard InChI is InChI=1S/C77H62BN5/c1-3-5-25-53-39-41-68-70(43-53)82(66-47-61(55-27-13-7-14-28-55)45-62(48-66)56-29-15-8-16-30-56)72-51-65(77-80-75(59-35-21-11-22-36-59)79-76(81-77)60-37-23-12-24-38-60)52-73-74(72)78(68)69-42-40-54(26-6-4-2)44-71(69)83(73)67-49-63(57-31-17-9-18-32-57)46-64(50-67)58-33-19-10-20-34-58/h7-24,27-52H,3-6,25-26H2,1-2H3. The molecule has 398 valence electrons. The zero-order valence-corrected chi connectivity index (χ0v) is 47.0. The first-order valence-corrected chi connectivity index (χ1v) is 29.5. The smallest absolute Gasteiger partial charge is 0.252 e. The monoisotopic (exact) mass is 1070 g/mol. The maximum atomic E-state index is 5.50. The Labute approximate surface area is 488 Å². The third kappa shape index (κ3) is 10.0. The van der Waals surface area contributed by atoms with Gasteiger partial charge in [-0.15, -0.1) is 0 Å². The number of rotatable bonds is 15. The van der Waals surface area contributed by atoms with Crippen molar-refractivity contribution in [2.24, 2.45) is 0 Å². The van der Waals surface area contributed by atoms with Gasteiger partial charge in [0.25, 0.3) is 6.71 Å². The molecule has 0 saturated heterocycles. The molecule has 14 rings (SSSR count). The van der Waals surface area contributed by atoms with Gasteiger partial charge in [0, 0.05) is 50.8 Å². The predicted octanol–water partition coefficient (Wildman–Crippen LogP) is 18.3. The van der Waals surface area contributed by atoms with Crippen LogP contribution in [0.3, 0.4) is 0 Å². The lowest BCUT2D eigenvalue weighted by Gasteiger charge is -2.45. The highest BCUT2D eigenvalue weighted by Crippen LogP contribution is 2.49. The van der Waals surface area contributed by atoms with E-state index < -0.39 is 0 Å². The Hall–Kier alpha value is -9.91. The average Bonchev–Trinajstić information content (AvgIpc) is 1.49. The second kappa shape index (κ2) is 22.6. The van der Waals surface area contributed by atoms with Gasteiger partial charge < -0.3 is 9.80 Å². The van der Waals surface area contributed by atoms with Gasteiger partial charge in [0.05, 0.1) is 0 Å². The molecule has 3 heterocycles. The minimum atomic E-state index is -0.109. The van der Waals surface area contributed by atoms with E-state index in [9.17, 15) is 0 Å². The van der Waals surface area contributed by atoms with Crippen LogP contribution in [0.25, 0.3) is 78.7 Å². The molecule has 2 aliphatic heterocycles. The van der Waals surface area contributed by atoms with Crippen molar-refractivity contribution >= 4 is 57.2 Å². The van der Waals surface area contributed by atoms with Crippen LogP contribution in [0.1, 0.15) is 50.7 Å². The second-order valence-corrected chi connectivity index (χ2v) is 22.1. The van der Waals surface area contributed by atoms with Gasteiger partial charge in [0.1, 0.15) is 0 Å². The van der Waals surface area contributed by atoms with Crippen LogP contribution in [-0.2, 0) is 12.8 Å². The topological polar surface area (TPSA) is 45.2 Å². The minimum Gasteiger partial charge on any atom is -0.311 e. The highest BCUT2D eigenvalue weighted by Gasteiger charge is 2.44. The van der Waals surface area contributed by atoms with E-state index in [1.807, 2.05) is 12.1 Å². The maximum absolute atomic E-state index is 5.50. The number of fused-ring (bicyclic) bond motifs is 4. The van der Waals surface area contributed by atoms with Crippen LogP contribution in [0.4, 0.5) is 34.1 Å². The van der Waals surface area contributed by atoms with Crippen LogP contribution >= 0.6 is 0 Å². The van der Waals surface area contributed by atoms with Crippen LogP contribution in [0.2, 0.25) is 0 Å². The number of hydrogen-bond donors (Lipinski definition) is 0. The number of aryl methyl sites for hydroxylation is 2. The summed E-state index contributed by atoms with van der Waals surface area (Å²) in [6.45, 7) is 4.47. The van der Waals surface area contributed by atoms with Crippen molar-refractivity contribution in [2.45, 2.75) is 52.4 Å². The van der Waals surface area contributed by atoms with E-state index in [-0.39, 0.29) is 6.71 Å². The Morgan fingerprint density at radius 2 is 0.602 bits per heavy atom. The van der Waals surface area contributed by atoms with E-state index >= 15 is 0 Å². The van der Waals surface area contributed by atoms with E-state index in [2.05, 4.69) is 278 Å². The summed E-state index contributed by atoms with van der Waals surface area (Å²) in [5.41, 5.74) is 25.1. The molecule has 6 heteroatoms. The molecule has 0 atom stereocenters. The Kier molecular flexibility index (Phi) is 13.9. The van der Waals surface area contributed by atoms with Crippen molar-refractivity contribution in [3.63, 3.8) is 0 Å². The molecular weight excluding hydrogens is 1010 g/mol. The molecule has 0 aliphatic carbocycles. The first-order chi connectivity index (χ1) is 41.0. The summed E-state index contributed by atoms with van der Waals surface area (Å²) in [7, 11) is 0. The van der Waals surface area contributed by atoms with Crippen molar-refractivity contribution in [1.29, 1.82) is 0 Å². The third-order valence-corrected chi connectivity index (χ3v) is 16.6. The van der Waals surface area contributed by atoms with E-state index in [4.69, 9.17) is 15.0 Å². The van der Waals surface area contributed by atoms with Crippen LogP contribution in [0, 0.1) is 0 Å². The normalized spacial score (nSPS) is 12.2. The number of hydrogen-bond acceptors (Lipinski definition) is 5. The fourth-order valence-electron chi connectivity index (χ4n) is 12.4. The summed E-state index contributed by atoms with van der Waals surface area (Å²) in [4.78, 5) is 21.4. The summed E-state index contributed by atoms with van der Waals surface area (Å²) in [5.74, 6) is 1.84. The first kappa shape index (κ1) is 51.3. The Morgan fingerprint density at radius 1 is 0.289 bits per heavy atom. The largest absolute Gasteiger partial charge is 0.311 e. The fraction of sp³-hybridized carbons (Fsp3) is 0.104. The van der Waals surface area contributed by atoms with Crippen molar-refractivity contribution in [3.05, 3.63) is 278 Å². The predicted molar refractivity (Wildman–Crippen MR) is 349 cm³/mol. The van der Waals surface area contributed by atoms with Gasteiger partial charge in [-0.25, -0.2) is 15.0 Å². The van der Waals surface area contributed by atoms with Gasteiger partial charge in [-0.05, 0) is 158 Å². The van der Waals surface area contributed by atoms with Gasteiger partial charge in [-0.1, -0.05) is 233 Å². The molecule has 0 unspecified atom stereocenters. The lowest BCUT2D eigenvalue weighted by molar-refractivity contribution is 0.795. The summed E-state index contributed by atoms with van der Waals surface area (Å²) in [5, 5.41) is 0. The quantitative estimate of drug-likeness (QED) is 0.0958. The lowest BCUT2D eigenvalue weighted by atomic mass is 9.33. The van der Waals surface area contributed by atoms with Crippen molar-refractivity contribution in [3.8, 4) is 78.7 Å². The van der Waals surface area contributed by atoms with Crippen LogP contribution in [0.15, 0.2) is 267 Å². The highest BCUT2D eigenvalue weighted by atomic mass is 15.2. The molecule has 0 fully saturated rings.